The third-order valence-electron chi connectivity index (χ3n) is 4.01. The van der Waals surface area contributed by atoms with E-state index in [-0.39, 0.29) is 0 Å². The van der Waals surface area contributed by atoms with Crippen molar-refractivity contribution in [3.8, 4) is 0 Å². The van der Waals surface area contributed by atoms with Gasteiger partial charge in [-0.1, -0.05) is 0 Å². The lowest BCUT2D eigenvalue weighted by molar-refractivity contribution is 0.725. The Balaban J connectivity index is 2.18. The van der Waals surface area contributed by atoms with E-state index in [0.717, 1.165) is 33.9 Å². The van der Waals surface area contributed by atoms with Crippen LogP contribution in [0.2, 0.25) is 0 Å². The van der Waals surface area contributed by atoms with Crippen molar-refractivity contribution in [3.63, 3.8) is 0 Å². The van der Waals surface area contributed by atoms with Crippen LogP contribution in [0.15, 0.2) is 12.3 Å². The molecule has 3 aromatic heterocycles. The second-order valence-corrected chi connectivity index (χ2v) is 5.59. The highest BCUT2D eigenvalue weighted by Gasteiger charge is 2.16. The lowest BCUT2D eigenvalue weighted by atomic mass is 10.2. The topological polar surface area (TPSA) is 48.5 Å². The normalized spacial score (nSPS) is 11.5. The Bertz CT molecular complexity index is 815. The molecule has 21 heavy (non-hydrogen) atoms. The fourth-order valence-corrected chi connectivity index (χ4v) is 2.86. The van der Waals surface area contributed by atoms with Crippen LogP contribution >= 0.6 is 11.6 Å². The molecule has 0 aromatic carbocycles. The van der Waals surface area contributed by atoms with Gasteiger partial charge in [0, 0.05) is 24.5 Å². The molecular weight excluding hydrogens is 286 g/mol. The van der Waals surface area contributed by atoms with Crippen molar-refractivity contribution < 1.29 is 0 Å². The van der Waals surface area contributed by atoms with Crippen molar-refractivity contribution in [3.05, 3.63) is 40.6 Å². The van der Waals surface area contributed by atoms with E-state index in [1.54, 1.807) is 0 Å². The molecule has 0 saturated carbocycles. The number of hydrogen-bond donors (Lipinski definition) is 0. The van der Waals surface area contributed by atoms with E-state index >= 15 is 0 Å². The zero-order chi connectivity index (χ0) is 15.1. The molecule has 0 aliphatic rings. The van der Waals surface area contributed by atoms with E-state index < -0.39 is 0 Å². The van der Waals surface area contributed by atoms with Crippen LogP contribution in [-0.2, 0) is 19.5 Å². The molecule has 0 amide bonds. The molecule has 6 heteroatoms. The van der Waals surface area contributed by atoms with Crippen molar-refractivity contribution in [1.29, 1.82) is 0 Å². The Morgan fingerprint density at radius 1 is 1.24 bits per heavy atom. The zero-order valence-corrected chi connectivity index (χ0v) is 13.4. The summed E-state index contributed by atoms with van der Waals surface area (Å²) in [5.41, 5.74) is 6.31. The molecule has 3 heterocycles. The maximum Gasteiger partial charge on any atom is 0.160 e. The molecule has 0 atom stereocenters. The lowest BCUT2D eigenvalue weighted by Crippen LogP contribution is -2.06. The van der Waals surface area contributed by atoms with Crippen LogP contribution in [-0.4, -0.2) is 24.3 Å². The van der Waals surface area contributed by atoms with Gasteiger partial charge < -0.3 is 4.57 Å². The van der Waals surface area contributed by atoms with Crippen LogP contribution in [0.25, 0.3) is 11.2 Å². The Hall–Kier alpha value is -1.88. The summed E-state index contributed by atoms with van der Waals surface area (Å²) in [5.74, 6) is 1.21. The van der Waals surface area contributed by atoms with Crippen LogP contribution in [0.3, 0.4) is 0 Å². The van der Waals surface area contributed by atoms with E-state index in [9.17, 15) is 0 Å². The fraction of sp³-hybridized carbons (Fsp3) is 0.400. The number of aromatic nitrogens is 5. The summed E-state index contributed by atoms with van der Waals surface area (Å²) in [6.45, 7) is 6.84. The first-order valence-electron chi connectivity index (χ1n) is 6.88. The SMILES string of the molecule is Cc1nn(C)c(C)c1Cn1c(CCl)nc2c(C)ccnc21. The number of aryl methyl sites for hydroxylation is 3. The molecule has 0 unspecified atom stereocenters. The van der Waals surface area contributed by atoms with Gasteiger partial charge in [0.05, 0.1) is 18.1 Å². The van der Waals surface area contributed by atoms with Crippen LogP contribution < -0.4 is 0 Å². The largest absolute Gasteiger partial charge is 0.307 e. The molecule has 110 valence electrons. The molecular formula is C15H18ClN5. The molecule has 3 rings (SSSR count). The number of hydrogen-bond acceptors (Lipinski definition) is 3. The minimum Gasteiger partial charge on any atom is -0.307 e. The Morgan fingerprint density at radius 2 is 2.00 bits per heavy atom. The van der Waals surface area contributed by atoms with Gasteiger partial charge >= 0.3 is 0 Å². The van der Waals surface area contributed by atoms with Gasteiger partial charge in [0.25, 0.3) is 0 Å². The van der Waals surface area contributed by atoms with Gasteiger partial charge in [-0.2, -0.15) is 5.10 Å². The van der Waals surface area contributed by atoms with Crippen LogP contribution in [0, 0.1) is 20.8 Å². The number of alkyl halides is 1. The van der Waals surface area contributed by atoms with Gasteiger partial charge in [0.1, 0.15) is 11.3 Å². The van der Waals surface area contributed by atoms with E-state index in [0.29, 0.717) is 12.4 Å². The van der Waals surface area contributed by atoms with Crippen LogP contribution in [0.4, 0.5) is 0 Å². The van der Waals surface area contributed by atoms with Gasteiger partial charge in [0.15, 0.2) is 5.65 Å². The summed E-state index contributed by atoms with van der Waals surface area (Å²) in [6, 6.07) is 1.97. The first-order chi connectivity index (χ1) is 10.0. The first-order valence-corrected chi connectivity index (χ1v) is 7.42. The molecule has 0 aliphatic heterocycles. The predicted octanol–water partition coefficient (Wildman–Crippen LogP) is 2.88. The molecule has 5 nitrogen and oxygen atoms in total. The van der Waals surface area contributed by atoms with E-state index in [1.807, 2.05) is 37.8 Å². The van der Waals surface area contributed by atoms with Crippen molar-refractivity contribution in [2.24, 2.45) is 7.05 Å². The van der Waals surface area contributed by atoms with Gasteiger partial charge in [-0.15, -0.1) is 11.6 Å². The second-order valence-electron chi connectivity index (χ2n) is 5.32. The van der Waals surface area contributed by atoms with Crippen molar-refractivity contribution in [2.75, 3.05) is 0 Å². The monoisotopic (exact) mass is 303 g/mol. The van der Waals surface area contributed by atoms with Crippen molar-refractivity contribution >= 4 is 22.8 Å². The highest BCUT2D eigenvalue weighted by molar-refractivity contribution is 6.16. The molecule has 0 saturated heterocycles. The molecule has 0 bridgehead atoms. The quantitative estimate of drug-likeness (QED) is 0.699. The Morgan fingerprint density at radius 3 is 2.62 bits per heavy atom. The summed E-state index contributed by atoms with van der Waals surface area (Å²) in [5, 5.41) is 4.47. The number of nitrogens with zero attached hydrogens (tertiary/aromatic N) is 5. The predicted molar refractivity (Wildman–Crippen MR) is 83.6 cm³/mol. The molecule has 0 N–H and O–H groups in total. The molecule has 0 fully saturated rings. The Labute approximate surface area is 128 Å². The minimum atomic E-state index is 0.369. The van der Waals surface area contributed by atoms with E-state index in [1.165, 1.54) is 5.56 Å². The minimum absolute atomic E-state index is 0.369. The smallest absolute Gasteiger partial charge is 0.160 e. The maximum atomic E-state index is 6.07. The third-order valence-corrected chi connectivity index (χ3v) is 4.25. The number of pyridine rings is 1. The third kappa shape index (κ3) is 2.21. The zero-order valence-electron chi connectivity index (χ0n) is 12.7. The number of halogens is 1. The summed E-state index contributed by atoms with van der Waals surface area (Å²) in [6.07, 6.45) is 1.82. The average molecular weight is 304 g/mol. The highest BCUT2D eigenvalue weighted by atomic mass is 35.5. The highest BCUT2D eigenvalue weighted by Crippen LogP contribution is 2.22. The van der Waals surface area contributed by atoms with Gasteiger partial charge in [-0.25, -0.2) is 9.97 Å². The van der Waals surface area contributed by atoms with Gasteiger partial charge in [-0.3, -0.25) is 4.68 Å². The average Bonchev–Trinajstić information content (AvgIpc) is 2.93. The van der Waals surface area contributed by atoms with Crippen molar-refractivity contribution in [2.45, 2.75) is 33.2 Å². The van der Waals surface area contributed by atoms with Gasteiger partial charge in [-0.05, 0) is 32.4 Å². The summed E-state index contributed by atoms with van der Waals surface area (Å²) < 4.78 is 4.00. The first kappa shape index (κ1) is 14.1. The number of rotatable bonds is 3. The molecule has 0 aliphatic carbocycles. The van der Waals surface area contributed by atoms with E-state index in [2.05, 4.69) is 26.6 Å². The molecule has 3 aromatic rings. The standard InChI is InChI=1S/C15H18ClN5/c1-9-5-6-17-15-14(9)18-13(7-16)21(15)8-12-10(2)19-20(4)11(12)3/h5-6H,7-8H2,1-4H3. The molecule has 0 spiro atoms. The Kier molecular flexibility index (Phi) is 3.45. The summed E-state index contributed by atoms with van der Waals surface area (Å²) >= 11 is 6.07. The van der Waals surface area contributed by atoms with E-state index in [4.69, 9.17) is 11.6 Å². The summed E-state index contributed by atoms with van der Waals surface area (Å²) in [7, 11) is 1.96. The molecule has 0 radical (unpaired) electrons. The second kappa shape index (κ2) is 5.15. The maximum absolute atomic E-state index is 6.07. The van der Waals surface area contributed by atoms with Crippen LogP contribution in [0.1, 0.15) is 28.3 Å². The van der Waals surface area contributed by atoms with Crippen LogP contribution in [0.5, 0.6) is 0 Å². The summed E-state index contributed by atoms with van der Waals surface area (Å²) in [4.78, 5) is 9.12. The van der Waals surface area contributed by atoms with Crippen molar-refractivity contribution in [1.82, 2.24) is 24.3 Å². The van der Waals surface area contributed by atoms with Gasteiger partial charge in [0.2, 0.25) is 0 Å². The fourth-order valence-electron chi connectivity index (χ4n) is 2.66. The number of imidazole rings is 1. The number of fused-ring (bicyclic) bond motifs is 1. The lowest BCUT2D eigenvalue weighted by Gasteiger charge is -2.08.